The van der Waals surface area contributed by atoms with Gasteiger partial charge in [0.1, 0.15) is 22.6 Å². The van der Waals surface area contributed by atoms with Gasteiger partial charge in [-0.3, -0.25) is 5.41 Å². The van der Waals surface area contributed by atoms with Gasteiger partial charge in [-0.25, -0.2) is 14.6 Å². The van der Waals surface area contributed by atoms with Crippen LogP contribution in [0.5, 0.6) is 5.75 Å². The second-order valence-electron chi connectivity index (χ2n) is 7.58. The fraction of sp³-hybridized carbons (Fsp3) is 0.304. The third-order valence-electron chi connectivity index (χ3n) is 5.18. The van der Waals surface area contributed by atoms with E-state index in [9.17, 15) is 9.59 Å². The lowest BCUT2D eigenvalue weighted by Gasteiger charge is -2.21. The summed E-state index contributed by atoms with van der Waals surface area (Å²) in [5.41, 5.74) is 8.23. The number of nitrogen functional groups attached to an aromatic ring is 1. The van der Waals surface area contributed by atoms with E-state index in [-0.39, 0.29) is 12.4 Å². The average molecular weight is 517 g/mol. The largest absolute Gasteiger partial charge is 0.482 e. The lowest BCUT2D eigenvalue weighted by molar-refractivity contribution is -0.162. The Kier molecular flexibility index (Phi) is 7.99. The van der Waals surface area contributed by atoms with Crippen LogP contribution < -0.4 is 15.8 Å². The van der Waals surface area contributed by atoms with Crippen LogP contribution in [0.25, 0.3) is 21.8 Å². The number of thiophene rings is 1. The number of benzene rings is 1. The first-order valence-corrected chi connectivity index (χ1v) is 13.6. The number of nitrogens with zero attached hydrogens (tertiary/aromatic N) is 1. The minimum absolute atomic E-state index is 0.0448. The van der Waals surface area contributed by atoms with Gasteiger partial charge < -0.3 is 20.5 Å². The molecule has 1 aliphatic heterocycles. The normalized spacial score (nSPS) is 15.6. The first kappa shape index (κ1) is 24.4. The number of amidine groups is 1. The molecule has 1 fully saturated rings. The van der Waals surface area contributed by atoms with Gasteiger partial charge in [0, 0.05) is 16.5 Å². The van der Waals surface area contributed by atoms with Crippen molar-refractivity contribution in [1.82, 2.24) is 10.3 Å². The Morgan fingerprint density at radius 3 is 2.91 bits per heavy atom. The number of nitrogens with one attached hydrogen (secondary N) is 2. The molecule has 11 heteroatoms. The van der Waals surface area contributed by atoms with Gasteiger partial charge in [0.2, 0.25) is 0 Å². The highest BCUT2D eigenvalue weighted by molar-refractivity contribution is 8.00. The lowest BCUT2D eigenvalue weighted by Crippen LogP contribution is -2.42. The Labute approximate surface area is 209 Å². The number of thioether (sulfide) groups is 1. The molecule has 3 heterocycles. The van der Waals surface area contributed by atoms with Crippen LogP contribution >= 0.6 is 34.4 Å². The highest BCUT2D eigenvalue weighted by Crippen LogP contribution is 2.40. The molecule has 0 spiro atoms. The molecule has 0 aliphatic carbocycles. The SMILES string of the molecule is CSc1sc(C(=N)N)cc1-c1nc(-c2cccc(OCC(=O)OC(=O)C3CCCCN3)c2)cs1. The number of nitrogens with two attached hydrogens (primary N) is 1. The van der Waals surface area contributed by atoms with E-state index in [2.05, 4.69) is 5.32 Å². The molecule has 34 heavy (non-hydrogen) atoms. The lowest BCUT2D eigenvalue weighted by atomic mass is 10.1. The van der Waals surface area contributed by atoms with Crippen LogP contribution in [0.15, 0.2) is 39.9 Å². The van der Waals surface area contributed by atoms with Gasteiger partial charge in [-0.1, -0.05) is 18.6 Å². The first-order chi connectivity index (χ1) is 16.4. The molecule has 1 aliphatic rings. The van der Waals surface area contributed by atoms with Crippen molar-refractivity contribution < 1.29 is 19.1 Å². The Balaban J connectivity index is 1.40. The van der Waals surface area contributed by atoms with Gasteiger partial charge in [-0.2, -0.15) is 0 Å². The van der Waals surface area contributed by atoms with E-state index in [0.717, 1.165) is 50.3 Å². The molecule has 178 valence electrons. The summed E-state index contributed by atoms with van der Waals surface area (Å²) in [6.45, 7) is 0.391. The molecule has 0 bridgehead atoms. The van der Waals surface area contributed by atoms with Crippen LogP contribution in [0.1, 0.15) is 24.1 Å². The molecule has 0 saturated carbocycles. The van der Waals surface area contributed by atoms with Gasteiger partial charge >= 0.3 is 11.9 Å². The highest BCUT2D eigenvalue weighted by atomic mass is 32.2. The fourth-order valence-electron chi connectivity index (χ4n) is 3.49. The van der Waals surface area contributed by atoms with Gasteiger partial charge in [-0.05, 0) is 43.8 Å². The molecule has 1 aromatic carbocycles. The number of aromatic nitrogens is 1. The van der Waals surface area contributed by atoms with Crippen molar-refractivity contribution in [3.05, 3.63) is 40.6 Å². The van der Waals surface area contributed by atoms with E-state index < -0.39 is 18.0 Å². The maximum atomic E-state index is 12.1. The maximum Gasteiger partial charge on any atom is 0.351 e. The first-order valence-electron chi connectivity index (χ1n) is 10.6. The zero-order valence-electron chi connectivity index (χ0n) is 18.5. The number of carbonyl (C=O) groups is 2. The smallest absolute Gasteiger partial charge is 0.351 e. The highest BCUT2D eigenvalue weighted by Gasteiger charge is 2.24. The van der Waals surface area contributed by atoms with Crippen molar-refractivity contribution >= 4 is 52.2 Å². The molecule has 4 N–H and O–H groups in total. The summed E-state index contributed by atoms with van der Waals surface area (Å²) in [4.78, 5) is 29.6. The van der Waals surface area contributed by atoms with Crippen molar-refractivity contribution in [2.24, 2.45) is 5.73 Å². The molecule has 1 saturated heterocycles. The van der Waals surface area contributed by atoms with Crippen molar-refractivity contribution in [2.75, 3.05) is 19.4 Å². The van der Waals surface area contributed by atoms with Crippen LogP contribution in [-0.4, -0.2) is 48.2 Å². The maximum absolute atomic E-state index is 12.1. The summed E-state index contributed by atoms with van der Waals surface area (Å²) in [7, 11) is 0. The Bertz CT molecular complexity index is 1200. The summed E-state index contributed by atoms with van der Waals surface area (Å²) in [6, 6.07) is 8.72. The van der Waals surface area contributed by atoms with Crippen molar-refractivity contribution in [3.8, 4) is 27.6 Å². The molecular weight excluding hydrogens is 492 g/mol. The second-order valence-corrected chi connectivity index (χ2v) is 10.6. The van der Waals surface area contributed by atoms with Gasteiger partial charge in [0.25, 0.3) is 0 Å². The third kappa shape index (κ3) is 5.84. The molecule has 4 rings (SSSR count). The van der Waals surface area contributed by atoms with Crippen LogP contribution in [0.4, 0.5) is 0 Å². The van der Waals surface area contributed by atoms with Crippen molar-refractivity contribution in [1.29, 1.82) is 5.41 Å². The Morgan fingerprint density at radius 1 is 1.32 bits per heavy atom. The number of hydrogen-bond acceptors (Lipinski definition) is 10. The van der Waals surface area contributed by atoms with E-state index in [0.29, 0.717) is 12.2 Å². The molecule has 1 unspecified atom stereocenters. The molecule has 8 nitrogen and oxygen atoms in total. The van der Waals surface area contributed by atoms with Crippen LogP contribution in [0, 0.1) is 5.41 Å². The molecule has 0 amide bonds. The van der Waals surface area contributed by atoms with E-state index in [1.165, 1.54) is 22.7 Å². The molecule has 0 radical (unpaired) electrons. The molecular formula is C23H24N4O4S3. The number of hydrogen-bond donors (Lipinski definition) is 3. The summed E-state index contributed by atoms with van der Waals surface area (Å²) < 4.78 is 11.5. The molecule has 3 aromatic rings. The summed E-state index contributed by atoms with van der Waals surface area (Å²) >= 11 is 4.59. The number of ether oxygens (including phenoxy) is 2. The third-order valence-corrected chi connectivity index (χ3v) is 8.36. The van der Waals surface area contributed by atoms with Crippen LogP contribution in [-0.2, 0) is 14.3 Å². The fourth-order valence-corrected chi connectivity index (χ4v) is 6.20. The Hall–Kier alpha value is -2.73. The van der Waals surface area contributed by atoms with E-state index in [4.69, 9.17) is 25.6 Å². The quantitative estimate of drug-likeness (QED) is 0.134. The predicted octanol–water partition coefficient (Wildman–Crippen LogP) is 4.14. The second kappa shape index (κ2) is 11.1. The van der Waals surface area contributed by atoms with E-state index >= 15 is 0 Å². The minimum atomic E-state index is -0.720. The molecule has 1 atom stereocenters. The molecule has 2 aromatic heterocycles. The summed E-state index contributed by atoms with van der Waals surface area (Å²) in [5, 5.41) is 13.6. The van der Waals surface area contributed by atoms with Gasteiger partial charge in [0.15, 0.2) is 6.61 Å². The van der Waals surface area contributed by atoms with E-state index in [1.807, 2.05) is 29.8 Å². The van der Waals surface area contributed by atoms with Crippen LogP contribution in [0.3, 0.4) is 0 Å². The zero-order chi connectivity index (χ0) is 24.1. The van der Waals surface area contributed by atoms with Crippen molar-refractivity contribution in [3.63, 3.8) is 0 Å². The standard InChI is InChI=1S/C23H24N4O4S3/c1-32-23-15(10-18(34-23)20(24)25)21-27-17(12-33-21)13-5-4-6-14(9-13)30-11-19(28)31-22(29)16-7-2-3-8-26-16/h4-6,9-10,12,16,26H,2-3,7-8,11H2,1H3,(H3,24,25). The van der Waals surface area contributed by atoms with Crippen molar-refractivity contribution in [2.45, 2.75) is 29.5 Å². The van der Waals surface area contributed by atoms with Crippen LogP contribution in [0.2, 0.25) is 0 Å². The number of rotatable bonds is 8. The predicted molar refractivity (Wildman–Crippen MR) is 136 cm³/mol. The van der Waals surface area contributed by atoms with Gasteiger partial charge in [-0.15, -0.1) is 34.4 Å². The van der Waals surface area contributed by atoms with Gasteiger partial charge in [0.05, 0.1) is 14.8 Å². The number of piperidine rings is 1. The number of esters is 2. The topological polar surface area (TPSA) is 127 Å². The van der Waals surface area contributed by atoms with E-state index in [1.54, 1.807) is 23.9 Å². The Morgan fingerprint density at radius 2 is 2.18 bits per heavy atom. The minimum Gasteiger partial charge on any atom is -0.482 e. The zero-order valence-corrected chi connectivity index (χ0v) is 20.9. The monoisotopic (exact) mass is 516 g/mol. The number of thiazole rings is 1. The summed E-state index contributed by atoms with van der Waals surface area (Å²) in [6.07, 6.45) is 4.61. The average Bonchev–Trinajstić information content (AvgIpc) is 3.51. The number of carbonyl (C=O) groups excluding carboxylic acids is 2. The summed E-state index contributed by atoms with van der Waals surface area (Å²) in [5.74, 6) is -0.750.